The number of rotatable bonds is 3. The van der Waals surface area contributed by atoms with Gasteiger partial charge in [0.15, 0.2) is 5.79 Å². The SMILES string of the molecule is O=C(O)C(c1ccccc1)[C@@H]1CCCC2(C1)OCCO2. The Hall–Kier alpha value is -1.39. The third kappa shape index (κ3) is 2.58. The van der Waals surface area contributed by atoms with E-state index in [0.717, 1.165) is 24.8 Å². The van der Waals surface area contributed by atoms with Crippen molar-refractivity contribution in [3.8, 4) is 0 Å². The number of carbonyl (C=O) groups is 1. The van der Waals surface area contributed by atoms with Crippen molar-refractivity contribution in [1.82, 2.24) is 0 Å². The smallest absolute Gasteiger partial charge is 0.311 e. The fourth-order valence-electron chi connectivity index (χ4n) is 3.56. The molecule has 0 amide bonds. The van der Waals surface area contributed by atoms with Gasteiger partial charge in [0.2, 0.25) is 0 Å². The molecule has 0 aromatic heterocycles. The van der Waals surface area contributed by atoms with E-state index in [1.54, 1.807) is 0 Å². The quantitative estimate of drug-likeness (QED) is 0.922. The molecule has 1 aromatic rings. The van der Waals surface area contributed by atoms with Gasteiger partial charge in [-0.05, 0) is 24.3 Å². The zero-order valence-corrected chi connectivity index (χ0v) is 11.5. The van der Waals surface area contributed by atoms with Gasteiger partial charge in [-0.2, -0.15) is 0 Å². The Morgan fingerprint density at radius 1 is 1.25 bits per heavy atom. The summed E-state index contributed by atoms with van der Waals surface area (Å²) in [5.74, 6) is -1.68. The summed E-state index contributed by atoms with van der Waals surface area (Å²) in [7, 11) is 0. The molecule has 1 heterocycles. The molecule has 1 saturated carbocycles. The first kappa shape index (κ1) is 13.6. The van der Waals surface area contributed by atoms with E-state index in [1.807, 2.05) is 30.3 Å². The molecule has 1 N–H and O–H groups in total. The van der Waals surface area contributed by atoms with E-state index in [2.05, 4.69) is 0 Å². The fourth-order valence-corrected chi connectivity index (χ4v) is 3.56. The molecule has 3 rings (SSSR count). The van der Waals surface area contributed by atoms with Crippen LogP contribution in [0.1, 0.15) is 37.2 Å². The number of hydrogen-bond acceptors (Lipinski definition) is 3. The molecule has 1 unspecified atom stereocenters. The summed E-state index contributed by atoms with van der Waals surface area (Å²) in [5, 5.41) is 9.63. The molecule has 0 bridgehead atoms. The molecule has 1 aliphatic heterocycles. The molecule has 20 heavy (non-hydrogen) atoms. The Balaban J connectivity index is 1.83. The van der Waals surface area contributed by atoms with Crippen molar-refractivity contribution in [3.05, 3.63) is 35.9 Å². The van der Waals surface area contributed by atoms with Crippen LogP contribution in [-0.4, -0.2) is 30.1 Å². The highest BCUT2D eigenvalue weighted by Crippen LogP contribution is 2.44. The summed E-state index contributed by atoms with van der Waals surface area (Å²) in [4.78, 5) is 11.7. The van der Waals surface area contributed by atoms with Crippen molar-refractivity contribution < 1.29 is 19.4 Å². The van der Waals surface area contributed by atoms with Crippen LogP contribution in [0.2, 0.25) is 0 Å². The number of aliphatic carboxylic acids is 1. The van der Waals surface area contributed by atoms with E-state index < -0.39 is 17.7 Å². The Morgan fingerprint density at radius 2 is 1.95 bits per heavy atom. The maximum atomic E-state index is 11.7. The maximum Gasteiger partial charge on any atom is 0.311 e. The van der Waals surface area contributed by atoms with Crippen molar-refractivity contribution in [1.29, 1.82) is 0 Å². The Kier molecular flexibility index (Phi) is 3.76. The number of benzene rings is 1. The molecule has 4 heteroatoms. The lowest BCUT2D eigenvalue weighted by Gasteiger charge is -2.38. The second-order valence-corrected chi connectivity index (χ2v) is 5.69. The molecule has 0 radical (unpaired) electrons. The van der Waals surface area contributed by atoms with Crippen LogP contribution in [-0.2, 0) is 14.3 Å². The Labute approximate surface area is 118 Å². The number of carboxylic acid groups (broad SMARTS) is 1. The molecule has 1 saturated heterocycles. The van der Waals surface area contributed by atoms with Gasteiger partial charge in [0, 0.05) is 12.8 Å². The van der Waals surface area contributed by atoms with Gasteiger partial charge in [0.25, 0.3) is 0 Å². The summed E-state index contributed by atoms with van der Waals surface area (Å²) in [6.07, 6.45) is 3.44. The van der Waals surface area contributed by atoms with Crippen molar-refractivity contribution in [2.75, 3.05) is 13.2 Å². The third-order valence-electron chi connectivity index (χ3n) is 4.42. The monoisotopic (exact) mass is 276 g/mol. The highest BCUT2D eigenvalue weighted by Gasteiger charge is 2.45. The lowest BCUT2D eigenvalue weighted by Crippen LogP contribution is -2.39. The van der Waals surface area contributed by atoms with Crippen LogP contribution in [0, 0.1) is 5.92 Å². The first-order valence-electron chi connectivity index (χ1n) is 7.26. The van der Waals surface area contributed by atoms with Gasteiger partial charge in [-0.1, -0.05) is 30.3 Å². The lowest BCUT2D eigenvalue weighted by atomic mass is 9.74. The maximum absolute atomic E-state index is 11.7. The number of carboxylic acids is 1. The van der Waals surface area contributed by atoms with E-state index in [-0.39, 0.29) is 5.92 Å². The first-order chi connectivity index (χ1) is 9.70. The highest BCUT2D eigenvalue weighted by molar-refractivity contribution is 5.76. The van der Waals surface area contributed by atoms with Crippen molar-refractivity contribution in [2.45, 2.75) is 37.4 Å². The molecule has 2 atom stereocenters. The van der Waals surface area contributed by atoms with Crippen molar-refractivity contribution in [2.24, 2.45) is 5.92 Å². The molecular formula is C16H20O4. The molecule has 2 aliphatic rings. The van der Waals surface area contributed by atoms with Gasteiger partial charge in [-0.15, -0.1) is 0 Å². The molecule has 2 fully saturated rings. The van der Waals surface area contributed by atoms with Crippen LogP contribution < -0.4 is 0 Å². The predicted molar refractivity (Wildman–Crippen MR) is 73.4 cm³/mol. The van der Waals surface area contributed by atoms with Crippen LogP contribution in [0.25, 0.3) is 0 Å². The van der Waals surface area contributed by atoms with Gasteiger partial charge < -0.3 is 14.6 Å². The van der Waals surface area contributed by atoms with Crippen LogP contribution in [0.3, 0.4) is 0 Å². The van der Waals surface area contributed by atoms with Gasteiger partial charge in [0.05, 0.1) is 19.1 Å². The zero-order valence-electron chi connectivity index (χ0n) is 11.5. The average Bonchev–Trinajstić information content (AvgIpc) is 2.88. The molecule has 1 spiro atoms. The van der Waals surface area contributed by atoms with Crippen molar-refractivity contribution in [3.63, 3.8) is 0 Å². The molecule has 1 aliphatic carbocycles. The number of hydrogen-bond donors (Lipinski definition) is 1. The minimum atomic E-state index is -0.753. The standard InChI is InChI=1S/C16H20O4/c17-15(18)14(12-5-2-1-3-6-12)13-7-4-8-16(11-13)19-9-10-20-16/h1-3,5-6,13-14H,4,7-11H2,(H,17,18)/t13-,14?/m1/s1. The molecule has 108 valence electrons. The van der Waals surface area contributed by atoms with Crippen LogP contribution in [0.4, 0.5) is 0 Å². The molecule has 4 nitrogen and oxygen atoms in total. The van der Waals surface area contributed by atoms with Crippen molar-refractivity contribution >= 4 is 5.97 Å². The number of ether oxygens (including phenoxy) is 2. The van der Waals surface area contributed by atoms with Crippen LogP contribution in [0.5, 0.6) is 0 Å². The largest absolute Gasteiger partial charge is 0.481 e. The summed E-state index contributed by atoms with van der Waals surface area (Å²) < 4.78 is 11.5. The molecule has 1 aromatic carbocycles. The lowest BCUT2D eigenvalue weighted by molar-refractivity contribution is -0.190. The first-order valence-corrected chi connectivity index (χ1v) is 7.26. The summed E-state index contributed by atoms with van der Waals surface area (Å²) in [6, 6.07) is 9.50. The minimum Gasteiger partial charge on any atom is -0.481 e. The highest BCUT2D eigenvalue weighted by atomic mass is 16.7. The van der Waals surface area contributed by atoms with Gasteiger partial charge >= 0.3 is 5.97 Å². The summed E-state index contributed by atoms with van der Waals surface area (Å²) in [6.45, 7) is 1.24. The average molecular weight is 276 g/mol. The van der Waals surface area contributed by atoms with Crippen LogP contribution >= 0.6 is 0 Å². The Bertz CT molecular complexity index is 465. The topological polar surface area (TPSA) is 55.8 Å². The Morgan fingerprint density at radius 3 is 2.60 bits per heavy atom. The second kappa shape index (κ2) is 5.54. The van der Waals surface area contributed by atoms with E-state index in [1.165, 1.54) is 0 Å². The summed E-state index contributed by atoms with van der Waals surface area (Å²) in [5.41, 5.74) is 0.875. The fraction of sp³-hybridized carbons (Fsp3) is 0.562. The third-order valence-corrected chi connectivity index (χ3v) is 4.42. The molecular weight excluding hydrogens is 256 g/mol. The summed E-state index contributed by atoms with van der Waals surface area (Å²) >= 11 is 0. The van der Waals surface area contributed by atoms with Gasteiger partial charge in [-0.25, -0.2) is 0 Å². The van der Waals surface area contributed by atoms with Gasteiger partial charge in [0.1, 0.15) is 0 Å². The normalized spacial score (nSPS) is 26.5. The van der Waals surface area contributed by atoms with E-state index in [0.29, 0.717) is 19.6 Å². The minimum absolute atomic E-state index is 0.0711. The van der Waals surface area contributed by atoms with E-state index >= 15 is 0 Å². The second-order valence-electron chi connectivity index (χ2n) is 5.69. The van der Waals surface area contributed by atoms with Crippen LogP contribution in [0.15, 0.2) is 30.3 Å². The van der Waals surface area contributed by atoms with E-state index in [4.69, 9.17) is 9.47 Å². The van der Waals surface area contributed by atoms with E-state index in [9.17, 15) is 9.90 Å². The predicted octanol–water partition coefficient (Wildman–Crippen LogP) is 2.79. The zero-order chi connectivity index (χ0) is 14.0. The van der Waals surface area contributed by atoms with Gasteiger partial charge in [-0.3, -0.25) is 4.79 Å².